The Morgan fingerprint density at radius 2 is 1.63 bits per heavy atom. The van der Waals surface area contributed by atoms with Gasteiger partial charge in [0, 0.05) is 31.7 Å². The number of carbonyl (C=O) groups excluding carboxylic acids is 2. The van der Waals surface area contributed by atoms with Crippen molar-refractivity contribution in [2.24, 2.45) is 0 Å². The van der Waals surface area contributed by atoms with E-state index in [1.165, 1.54) is 0 Å². The van der Waals surface area contributed by atoms with Crippen LogP contribution in [-0.2, 0) is 11.2 Å². The molecule has 2 aromatic carbocycles. The van der Waals surface area contributed by atoms with E-state index in [-0.39, 0.29) is 12.0 Å². The van der Waals surface area contributed by atoms with Crippen LogP contribution in [0.25, 0.3) is 0 Å². The maximum Gasteiger partial charge on any atom is 0.415 e. The molecule has 0 bridgehead atoms. The largest absolute Gasteiger partial charge is 0.496 e. The number of para-hydroxylation sites is 1. The van der Waals surface area contributed by atoms with Crippen molar-refractivity contribution in [2.75, 3.05) is 33.3 Å². The van der Waals surface area contributed by atoms with Crippen LogP contribution in [0.1, 0.15) is 11.1 Å². The number of methoxy groups -OCH3 is 1. The fraction of sp³-hybridized carbons (Fsp3) is 0.333. The van der Waals surface area contributed by atoms with E-state index in [4.69, 9.17) is 9.47 Å². The van der Waals surface area contributed by atoms with E-state index < -0.39 is 0 Å². The standard InChI is InChI=1S/C21H24N2O4/c1-16-8-9-19(26-2)17(14-16)15-20(24)22-10-12-23(13-11-22)21(25)27-18-6-4-3-5-7-18/h3-9,14H,10-13,15H2,1-2H3. The van der Waals surface area contributed by atoms with Crippen LogP contribution in [0, 0.1) is 6.92 Å². The Bertz CT molecular complexity index is 799. The molecule has 142 valence electrons. The van der Waals surface area contributed by atoms with Crippen LogP contribution in [0.2, 0.25) is 0 Å². The van der Waals surface area contributed by atoms with Gasteiger partial charge in [-0.25, -0.2) is 4.79 Å². The van der Waals surface area contributed by atoms with Crippen molar-refractivity contribution in [3.63, 3.8) is 0 Å². The third kappa shape index (κ3) is 4.78. The van der Waals surface area contributed by atoms with Gasteiger partial charge in [-0.05, 0) is 25.1 Å². The average molecular weight is 368 g/mol. The Morgan fingerprint density at radius 1 is 0.963 bits per heavy atom. The first-order valence-corrected chi connectivity index (χ1v) is 9.00. The number of ether oxygens (including phenoxy) is 2. The molecule has 1 saturated heterocycles. The van der Waals surface area contributed by atoms with E-state index in [9.17, 15) is 9.59 Å². The molecule has 1 fully saturated rings. The van der Waals surface area contributed by atoms with Crippen molar-refractivity contribution in [2.45, 2.75) is 13.3 Å². The van der Waals surface area contributed by atoms with E-state index in [0.29, 0.717) is 38.3 Å². The zero-order chi connectivity index (χ0) is 19.2. The second-order valence-corrected chi connectivity index (χ2v) is 6.54. The molecule has 2 aromatic rings. The number of piperazine rings is 1. The maximum absolute atomic E-state index is 12.7. The molecule has 2 amide bonds. The first-order valence-electron chi connectivity index (χ1n) is 9.00. The van der Waals surface area contributed by atoms with Crippen molar-refractivity contribution in [3.8, 4) is 11.5 Å². The predicted molar refractivity (Wildman–Crippen MR) is 102 cm³/mol. The summed E-state index contributed by atoms with van der Waals surface area (Å²) in [5, 5.41) is 0. The zero-order valence-corrected chi connectivity index (χ0v) is 15.7. The Balaban J connectivity index is 1.53. The molecular weight excluding hydrogens is 344 g/mol. The lowest BCUT2D eigenvalue weighted by Crippen LogP contribution is -2.51. The molecule has 0 aromatic heterocycles. The molecule has 0 saturated carbocycles. The van der Waals surface area contributed by atoms with Crippen LogP contribution in [0.3, 0.4) is 0 Å². The van der Waals surface area contributed by atoms with Gasteiger partial charge in [-0.3, -0.25) is 4.79 Å². The lowest BCUT2D eigenvalue weighted by Gasteiger charge is -2.34. The molecule has 6 nitrogen and oxygen atoms in total. The summed E-state index contributed by atoms with van der Waals surface area (Å²) in [7, 11) is 1.61. The van der Waals surface area contributed by atoms with E-state index in [1.54, 1.807) is 29.0 Å². The molecule has 1 heterocycles. The van der Waals surface area contributed by atoms with Crippen LogP contribution in [0.4, 0.5) is 4.79 Å². The molecule has 6 heteroatoms. The van der Waals surface area contributed by atoms with Gasteiger partial charge in [0.2, 0.25) is 5.91 Å². The summed E-state index contributed by atoms with van der Waals surface area (Å²) in [5.74, 6) is 1.28. The summed E-state index contributed by atoms with van der Waals surface area (Å²) in [5.41, 5.74) is 1.97. The summed E-state index contributed by atoms with van der Waals surface area (Å²) in [4.78, 5) is 28.3. The van der Waals surface area contributed by atoms with E-state index in [0.717, 1.165) is 16.9 Å². The molecule has 0 atom stereocenters. The first kappa shape index (κ1) is 18.8. The number of hydrogen-bond donors (Lipinski definition) is 0. The normalized spacial score (nSPS) is 14.0. The minimum Gasteiger partial charge on any atom is -0.496 e. The highest BCUT2D eigenvalue weighted by molar-refractivity contribution is 5.80. The maximum atomic E-state index is 12.7. The molecule has 3 rings (SSSR count). The van der Waals surface area contributed by atoms with Gasteiger partial charge in [0.1, 0.15) is 11.5 Å². The van der Waals surface area contributed by atoms with E-state index in [2.05, 4.69) is 0 Å². The van der Waals surface area contributed by atoms with Crippen LogP contribution >= 0.6 is 0 Å². The average Bonchev–Trinajstić information content (AvgIpc) is 2.69. The Labute approximate surface area is 159 Å². The van der Waals surface area contributed by atoms with Gasteiger partial charge in [-0.15, -0.1) is 0 Å². The zero-order valence-electron chi connectivity index (χ0n) is 15.7. The molecular formula is C21H24N2O4. The lowest BCUT2D eigenvalue weighted by molar-refractivity contribution is -0.132. The SMILES string of the molecule is COc1ccc(C)cc1CC(=O)N1CCN(C(=O)Oc2ccccc2)CC1. The molecule has 0 spiro atoms. The highest BCUT2D eigenvalue weighted by atomic mass is 16.6. The predicted octanol–water partition coefficient (Wildman–Crippen LogP) is 2.89. The second kappa shape index (κ2) is 8.58. The fourth-order valence-corrected chi connectivity index (χ4v) is 3.11. The Morgan fingerprint density at radius 3 is 2.30 bits per heavy atom. The smallest absolute Gasteiger partial charge is 0.415 e. The Kier molecular flexibility index (Phi) is 5.96. The number of rotatable bonds is 4. The first-order chi connectivity index (χ1) is 13.1. The second-order valence-electron chi connectivity index (χ2n) is 6.54. The topological polar surface area (TPSA) is 59.1 Å². The summed E-state index contributed by atoms with van der Waals surface area (Å²) in [6, 6.07) is 14.8. The molecule has 1 aliphatic heterocycles. The minimum absolute atomic E-state index is 0.0370. The number of benzene rings is 2. The van der Waals surface area contributed by atoms with Crippen LogP contribution in [0.5, 0.6) is 11.5 Å². The number of amides is 2. The van der Waals surface area contributed by atoms with Crippen molar-refractivity contribution >= 4 is 12.0 Å². The van der Waals surface area contributed by atoms with Crippen molar-refractivity contribution < 1.29 is 19.1 Å². The minimum atomic E-state index is -0.381. The summed E-state index contributed by atoms with van der Waals surface area (Å²) in [6.07, 6.45) is -0.0899. The van der Waals surface area contributed by atoms with Crippen LogP contribution in [0.15, 0.2) is 48.5 Å². The summed E-state index contributed by atoms with van der Waals surface area (Å²) >= 11 is 0. The molecule has 0 N–H and O–H groups in total. The number of nitrogens with zero attached hydrogens (tertiary/aromatic N) is 2. The van der Waals surface area contributed by atoms with Gasteiger partial charge >= 0.3 is 6.09 Å². The van der Waals surface area contributed by atoms with Gasteiger partial charge in [-0.1, -0.05) is 35.9 Å². The number of hydrogen-bond acceptors (Lipinski definition) is 4. The molecule has 1 aliphatic rings. The molecule has 0 aliphatic carbocycles. The van der Waals surface area contributed by atoms with Gasteiger partial charge in [0.25, 0.3) is 0 Å². The molecule has 0 unspecified atom stereocenters. The van der Waals surface area contributed by atoms with E-state index in [1.807, 2.05) is 43.3 Å². The van der Waals surface area contributed by atoms with Crippen LogP contribution in [-0.4, -0.2) is 55.1 Å². The summed E-state index contributed by atoms with van der Waals surface area (Å²) < 4.78 is 10.7. The number of carbonyl (C=O) groups is 2. The van der Waals surface area contributed by atoms with Gasteiger partial charge in [-0.2, -0.15) is 0 Å². The third-order valence-electron chi connectivity index (χ3n) is 4.62. The van der Waals surface area contributed by atoms with Gasteiger partial charge < -0.3 is 19.3 Å². The fourth-order valence-electron chi connectivity index (χ4n) is 3.11. The van der Waals surface area contributed by atoms with Gasteiger partial charge in [0.15, 0.2) is 0 Å². The van der Waals surface area contributed by atoms with Crippen molar-refractivity contribution in [1.29, 1.82) is 0 Å². The Hall–Kier alpha value is -3.02. The monoisotopic (exact) mass is 368 g/mol. The summed E-state index contributed by atoms with van der Waals surface area (Å²) in [6.45, 7) is 3.91. The van der Waals surface area contributed by atoms with E-state index >= 15 is 0 Å². The molecule has 27 heavy (non-hydrogen) atoms. The van der Waals surface area contributed by atoms with Crippen LogP contribution < -0.4 is 9.47 Å². The number of aryl methyl sites for hydroxylation is 1. The van der Waals surface area contributed by atoms with Crippen molar-refractivity contribution in [1.82, 2.24) is 9.80 Å². The lowest BCUT2D eigenvalue weighted by atomic mass is 10.1. The highest BCUT2D eigenvalue weighted by Gasteiger charge is 2.25. The molecule has 0 radical (unpaired) electrons. The van der Waals surface area contributed by atoms with Crippen molar-refractivity contribution in [3.05, 3.63) is 59.7 Å². The van der Waals surface area contributed by atoms with Gasteiger partial charge in [0.05, 0.1) is 13.5 Å². The highest BCUT2D eigenvalue weighted by Crippen LogP contribution is 2.21. The quantitative estimate of drug-likeness (QED) is 0.833. The third-order valence-corrected chi connectivity index (χ3v) is 4.62.